The van der Waals surface area contributed by atoms with Gasteiger partial charge in [-0.2, -0.15) is 5.26 Å². The van der Waals surface area contributed by atoms with Gasteiger partial charge in [-0.05, 0) is 29.4 Å². The van der Waals surface area contributed by atoms with Crippen molar-refractivity contribution in [2.45, 2.75) is 20.3 Å². The maximum absolute atomic E-state index is 9.55. The second kappa shape index (κ2) is 9.88. The molecule has 1 nitrogen and oxygen atoms in total. The molecule has 0 aromatic heterocycles. The second-order valence-corrected chi connectivity index (χ2v) is 5.58. The van der Waals surface area contributed by atoms with Gasteiger partial charge in [0.2, 0.25) is 0 Å². The SMILES string of the molecule is C#C.C=C(C)C=CC1=C/C/C=c2/cccc/c2=C(\C#N)C(C)/C=C\1. The minimum atomic E-state index is 0.0827. The Morgan fingerprint density at radius 2 is 2.00 bits per heavy atom. The topological polar surface area (TPSA) is 23.8 Å². The molecule has 0 bridgehead atoms. The third-order valence-electron chi connectivity index (χ3n) is 3.66. The Morgan fingerprint density at radius 1 is 1.29 bits per heavy atom. The van der Waals surface area contributed by atoms with E-state index in [-0.39, 0.29) is 5.92 Å². The number of allylic oxidation sites excluding steroid dienone is 7. The Labute approximate surface area is 145 Å². The average Bonchev–Trinajstić information content (AvgIpc) is 2.60. The van der Waals surface area contributed by atoms with Gasteiger partial charge in [-0.3, -0.25) is 0 Å². The highest BCUT2D eigenvalue weighted by Gasteiger charge is 2.07. The van der Waals surface area contributed by atoms with E-state index in [1.807, 2.05) is 31.2 Å². The van der Waals surface area contributed by atoms with E-state index in [1.165, 1.54) is 0 Å². The zero-order chi connectivity index (χ0) is 17.9. The molecule has 1 aromatic rings. The number of terminal acetylenes is 1. The summed E-state index contributed by atoms with van der Waals surface area (Å²) >= 11 is 0. The fourth-order valence-electron chi connectivity index (χ4n) is 2.43. The largest absolute Gasteiger partial charge is 0.193 e. The first-order valence-electron chi connectivity index (χ1n) is 7.86. The van der Waals surface area contributed by atoms with E-state index in [0.29, 0.717) is 0 Å². The van der Waals surface area contributed by atoms with Gasteiger partial charge in [0.05, 0.1) is 6.07 Å². The first-order chi connectivity index (χ1) is 11.6. The van der Waals surface area contributed by atoms with E-state index in [2.05, 4.69) is 68.9 Å². The Balaban J connectivity index is 0.00000139. The number of nitriles is 1. The predicted molar refractivity (Wildman–Crippen MR) is 104 cm³/mol. The summed E-state index contributed by atoms with van der Waals surface area (Å²) in [4.78, 5) is 0. The van der Waals surface area contributed by atoms with Gasteiger partial charge in [0.25, 0.3) is 0 Å². The molecule has 0 saturated heterocycles. The van der Waals surface area contributed by atoms with E-state index >= 15 is 0 Å². The van der Waals surface area contributed by atoms with Crippen molar-refractivity contribution in [2.24, 2.45) is 5.92 Å². The zero-order valence-corrected chi connectivity index (χ0v) is 14.4. The maximum atomic E-state index is 9.55. The molecule has 0 N–H and O–H groups in total. The molecular formula is C23H23N. The van der Waals surface area contributed by atoms with Gasteiger partial charge in [-0.25, -0.2) is 0 Å². The van der Waals surface area contributed by atoms with Gasteiger partial charge in [0, 0.05) is 11.5 Å². The summed E-state index contributed by atoms with van der Waals surface area (Å²) in [5.41, 5.74) is 2.98. The van der Waals surface area contributed by atoms with Crippen LogP contribution in [-0.4, -0.2) is 0 Å². The number of fused-ring (bicyclic) bond motifs is 1. The van der Waals surface area contributed by atoms with Crippen molar-refractivity contribution in [1.29, 1.82) is 5.26 Å². The second-order valence-electron chi connectivity index (χ2n) is 5.58. The van der Waals surface area contributed by atoms with Gasteiger partial charge in [0.15, 0.2) is 0 Å². The number of hydrogen-bond donors (Lipinski definition) is 0. The molecule has 0 spiro atoms. The highest BCUT2D eigenvalue weighted by molar-refractivity contribution is 5.64. The van der Waals surface area contributed by atoms with Gasteiger partial charge in [-0.15, -0.1) is 12.8 Å². The first kappa shape index (κ1) is 19.0. The van der Waals surface area contributed by atoms with E-state index in [0.717, 1.165) is 33.6 Å². The molecule has 24 heavy (non-hydrogen) atoms. The summed E-state index contributed by atoms with van der Waals surface area (Å²) in [5, 5.41) is 11.7. The van der Waals surface area contributed by atoms with Gasteiger partial charge in [-0.1, -0.05) is 79.8 Å². The van der Waals surface area contributed by atoms with Gasteiger partial charge < -0.3 is 0 Å². The predicted octanol–water partition coefficient (Wildman–Crippen LogP) is 4.05. The first-order valence-corrected chi connectivity index (χ1v) is 7.86. The molecule has 120 valence electrons. The van der Waals surface area contributed by atoms with E-state index < -0.39 is 0 Å². The Morgan fingerprint density at radius 3 is 2.67 bits per heavy atom. The highest BCUT2D eigenvalue weighted by atomic mass is 14.3. The minimum absolute atomic E-state index is 0.0827. The number of nitrogens with zero attached hydrogens (tertiary/aromatic N) is 1. The summed E-state index contributed by atoms with van der Waals surface area (Å²) in [7, 11) is 0. The molecule has 2 rings (SSSR count). The summed E-state index contributed by atoms with van der Waals surface area (Å²) in [6.07, 6.45) is 21.5. The standard InChI is InChI=1S/C21H21N.C2H2/c1-16(2)11-13-18-7-6-9-19-8-4-5-10-20(19)21(15-22)17(3)12-14-18;1-2/h4-5,7-14,17H,1,6H2,2-3H3;1-2H/b13-11?,14-12-,18-7-,19-9-,21-20-;. The Bertz CT molecular complexity index is 851. The quantitative estimate of drug-likeness (QED) is 0.597. The highest BCUT2D eigenvalue weighted by Crippen LogP contribution is 2.14. The molecule has 1 atom stereocenters. The van der Waals surface area contributed by atoms with Crippen molar-refractivity contribution >= 4 is 11.6 Å². The van der Waals surface area contributed by atoms with Crippen molar-refractivity contribution in [2.75, 3.05) is 0 Å². The molecule has 1 aliphatic rings. The van der Waals surface area contributed by atoms with Crippen LogP contribution in [-0.2, 0) is 0 Å². The van der Waals surface area contributed by atoms with Crippen LogP contribution in [0.1, 0.15) is 20.3 Å². The Hall–Kier alpha value is -3.03. The van der Waals surface area contributed by atoms with Crippen LogP contribution in [0.15, 0.2) is 72.4 Å². The molecule has 1 heteroatoms. The van der Waals surface area contributed by atoms with Crippen LogP contribution < -0.4 is 10.4 Å². The monoisotopic (exact) mass is 313 g/mol. The molecule has 0 aliphatic heterocycles. The summed E-state index contributed by atoms with van der Waals surface area (Å²) in [6, 6.07) is 10.5. The van der Waals surface area contributed by atoms with Crippen LogP contribution in [0, 0.1) is 30.1 Å². The summed E-state index contributed by atoms with van der Waals surface area (Å²) in [5.74, 6) is 0.0827. The van der Waals surface area contributed by atoms with Crippen LogP contribution in [0.25, 0.3) is 11.6 Å². The third kappa shape index (κ3) is 5.31. The van der Waals surface area contributed by atoms with Gasteiger partial charge in [0.1, 0.15) is 0 Å². The number of rotatable bonds is 2. The lowest BCUT2D eigenvalue weighted by Gasteiger charge is -2.07. The molecule has 0 saturated carbocycles. The van der Waals surface area contributed by atoms with Crippen LogP contribution in [0.2, 0.25) is 0 Å². The Kier molecular flexibility index (Phi) is 7.83. The van der Waals surface area contributed by atoms with Crippen molar-refractivity contribution in [3.05, 3.63) is 82.8 Å². The normalized spacial score (nSPS) is 23.9. The zero-order valence-electron chi connectivity index (χ0n) is 14.4. The molecule has 0 fully saturated rings. The smallest absolute Gasteiger partial charge is 0.0959 e. The van der Waals surface area contributed by atoms with E-state index in [1.54, 1.807) is 0 Å². The lowest BCUT2D eigenvalue weighted by Crippen LogP contribution is -2.28. The van der Waals surface area contributed by atoms with Crippen molar-refractivity contribution in [3.63, 3.8) is 0 Å². The molecule has 1 unspecified atom stereocenters. The molecule has 0 amide bonds. The lowest BCUT2D eigenvalue weighted by atomic mass is 9.96. The maximum Gasteiger partial charge on any atom is 0.0959 e. The molecule has 0 radical (unpaired) electrons. The van der Waals surface area contributed by atoms with Gasteiger partial charge >= 0.3 is 0 Å². The summed E-state index contributed by atoms with van der Waals surface area (Å²) < 4.78 is 0. The van der Waals surface area contributed by atoms with Crippen LogP contribution in [0.5, 0.6) is 0 Å². The molecule has 1 aliphatic carbocycles. The fraction of sp³-hybridized carbons (Fsp3) is 0.174. The van der Waals surface area contributed by atoms with E-state index in [4.69, 9.17) is 0 Å². The van der Waals surface area contributed by atoms with Crippen LogP contribution in [0.3, 0.4) is 0 Å². The minimum Gasteiger partial charge on any atom is -0.193 e. The lowest BCUT2D eigenvalue weighted by molar-refractivity contribution is 0.963. The van der Waals surface area contributed by atoms with Crippen molar-refractivity contribution in [1.82, 2.24) is 0 Å². The van der Waals surface area contributed by atoms with Crippen LogP contribution in [0.4, 0.5) is 0 Å². The van der Waals surface area contributed by atoms with E-state index in [9.17, 15) is 5.26 Å². The average molecular weight is 313 g/mol. The number of hydrogen-bond acceptors (Lipinski definition) is 1. The molecule has 1 aromatic carbocycles. The fourth-order valence-corrected chi connectivity index (χ4v) is 2.43. The summed E-state index contributed by atoms with van der Waals surface area (Å²) in [6.45, 7) is 7.93. The van der Waals surface area contributed by atoms with Crippen molar-refractivity contribution < 1.29 is 0 Å². The third-order valence-corrected chi connectivity index (χ3v) is 3.66. The van der Waals surface area contributed by atoms with Crippen LogP contribution >= 0.6 is 0 Å². The molecular weight excluding hydrogens is 290 g/mol. The number of benzene rings is 1. The van der Waals surface area contributed by atoms with Crippen molar-refractivity contribution in [3.8, 4) is 18.9 Å². The molecule has 0 heterocycles.